The van der Waals surface area contributed by atoms with Gasteiger partial charge in [-0.3, -0.25) is 9.52 Å². The van der Waals surface area contributed by atoms with Crippen molar-refractivity contribution in [1.29, 1.82) is 0 Å². The van der Waals surface area contributed by atoms with Gasteiger partial charge in [0.15, 0.2) is 0 Å². The van der Waals surface area contributed by atoms with Crippen LogP contribution >= 0.6 is 15.9 Å². The van der Waals surface area contributed by atoms with Gasteiger partial charge in [0.05, 0.1) is 16.0 Å². The van der Waals surface area contributed by atoms with Crippen molar-refractivity contribution < 1.29 is 17.9 Å². The highest BCUT2D eigenvalue weighted by Gasteiger charge is 2.15. The summed E-state index contributed by atoms with van der Waals surface area (Å²) < 4.78 is 34.0. The number of ether oxygens (including phenoxy) is 1. The number of nitrogens with one attached hydrogen (secondary N) is 2. The summed E-state index contributed by atoms with van der Waals surface area (Å²) in [7, 11) is -3.76. The normalized spacial score (nSPS) is 11.3. The van der Waals surface area contributed by atoms with Crippen molar-refractivity contribution in [3.63, 3.8) is 0 Å². The van der Waals surface area contributed by atoms with Crippen LogP contribution in [0.15, 0.2) is 76.2 Å². The van der Waals surface area contributed by atoms with E-state index >= 15 is 0 Å². The van der Waals surface area contributed by atoms with E-state index in [9.17, 15) is 13.2 Å². The summed E-state index contributed by atoms with van der Waals surface area (Å²) in [5, 5.41) is 2.77. The highest BCUT2D eigenvalue weighted by molar-refractivity contribution is 9.10. The molecule has 0 radical (unpaired) electrons. The van der Waals surface area contributed by atoms with Gasteiger partial charge in [-0.15, -0.1) is 0 Å². The summed E-state index contributed by atoms with van der Waals surface area (Å²) in [5.41, 5.74) is 1.74. The third kappa shape index (κ3) is 7.30. The van der Waals surface area contributed by atoms with Gasteiger partial charge in [0.2, 0.25) is 5.91 Å². The van der Waals surface area contributed by atoms with Crippen LogP contribution < -0.4 is 14.8 Å². The highest BCUT2D eigenvalue weighted by atomic mass is 79.9. The van der Waals surface area contributed by atoms with Crippen molar-refractivity contribution in [3.8, 4) is 5.75 Å². The molecule has 3 aromatic rings. The van der Waals surface area contributed by atoms with E-state index in [0.29, 0.717) is 24.6 Å². The average Bonchev–Trinajstić information content (AvgIpc) is 2.78. The smallest absolute Gasteiger partial charge is 0.263 e. The number of amides is 1. The van der Waals surface area contributed by atoms with Gasteiger partial charge < -0.3 is 10.1 Å². The van der Waals surface area contributed by atoms with Crippen LogP contribution in [0.5, 0.6) is 5.75 Å². The van der Waals surface area contributed by atoms with E-state index in [-0.39, 0.29) is 23.0 Å². The van der Waals surface area contributed by atoms with E-state index in [1.54, 1.807) is 30.3 Å². The quantitative estimate of drug-likeness (QED) is 0.333. The standard InChI is InChI=1S/C24H26BrN3O4S/c1-17(2)18-8-13-22(21(25)16-18)32-15-5-7-24(29)27-19-9-11-20(12-10-19)33(30,31)28-23-6-3-4-14-26-23/h3-4,6,8-14,16-17H,5,7,15H2,1-2H3,(H,26,28)(H,27,29). The van der Waals surface area contributed by atoms with Crippen LogP contribution in [0.3, 0.4) is 0 Å². The van der Waals surface area contributed by atoms with Crippen LogP contribution in [0.4, 0.5) is 11.5 Å². The number of halogens is 1. The number of hydrogen-bond donors (Lipinski definition) is 2. The van der Waals surface area contributed by atoms with Crippen molar-refractivity contribution >= 4 is 43.4 Å². The van der Waals surface area contributed by atoms with E-state index in [2.05, 4.69) is 44.8 Å². The van der Waals surface area contributed by atoms with Crippen molar-refractivity contribution in [2.45, 2.75) is 37.5 Å². The molecule has 7 nitrogen and oxygen atoms in total. The van der Waals surface area contributed by atoms with E-state index in [1.807, 2.05) is 18.2 Å². The lowest BCUT2D eigenvalue weighted by Gasteiger charge is -2.11. The average molecular weight is 532 g/mol. The minimum absolute atomic E-state index is 0.0774. The Hall–Kier alpha value is -2.91. The van der Waals surface area contributed by atoms with Crippen molar-refractivity contribution in [3.05, 3.63) is 76.9 Å². The lowest BCUT2D eigenvalue weighted by Crippen LogP contribution is -2.15. The second kappa shape index (κ2) is 11.3. The van der Waals surface area contributed by atoms with Crippen molar-refractivity contribution in [1.82, 2.24) is 4.98 Å². The number of aromatic nitrogens is 1. The van der Waals surface area contributed by atoms with Crippen LogP contribution in [-0.2, 0) is 14.8 Å². The number of nitrogens with zero attached hydrogens (tertiary/aromatic N) is 1. The van der Waals surface area contributed by atoms with Crippen LogP contribution in [0, 0.1) is 0 Å². The minimum Gasteiger partial charge on any atom is -0.492 e. The lowest BCUT2D eigenvalue weighted by molar-refractivity contribution is -0.116. The summed E-state index contributed by atoms with van der Waals surface area (Å²) >= 11 is 3.52. The molecule has 0 aliphatic rings. The molecule has 0 spiro atoms. The number of carbonyl (C=O) groups excluding carboxylic acids is 1. The molecule has 1 heterocycles. The Morgan fingerprint density at radius 2 is 1.85 bits per heavy atom. The first-order chi connectivity index (χ1) is 15.7. The first kappa shape index (κ1) is 24.7. The predicted molar refractivity (Wildman–Crippen MR) is 133 cm³/mol. The van der Waals surface area contributed by atoms with E-state index in [1.165, 1.54) is 23.9 Å². The number of benzene rings is 2. The Kier molecular flexibility index (Phi) is 8.46. The molecule has 0 bridgehead atoms. The second-order valence-corrected chi connectivity index (χ2v) is 10.2. The zero-order valence-corrected chi connectivity index (χ0v) is 20.8. The molecule has 33 heavy (non-hydrogen) atoms. The molecule has 9 heteroatoms. The molecule has 3 rings (SSSR count). The number of rotatable bonds is 10. The molecule has 0 unspecified atom stereocenters. The predicted octanol–water partition coefficient (Wildman–Crippen LogP) is 5.57. The van der Waals surface area contributed by atoms with Gasteiger partial charge in [0.25, 0.3) is 10.0 Å². The highest BCUT2D eigenvalue weighted by Crippen LogP contribution is 2.29. The van der Waals surface area contributed by atoms with Gasteiger partial charge in [0.1, 0.15) is 11.6 Å². The molecule has 0 saturated carbocycles. The fraction of sp³-hybridized carbons (Fsp3) is 0.250. The van der Waals surface area contributed by atoms with Gasteiger partial charge in [-0.05, 0) is 82.4 Å². The fourth-order valence-electron chi connectivity index (χ4n) is 2.97. The van der Waals surface area contributed by atoms with Crippen molar-refractivity contribution in [2.75, 3.05) is 16.6 Å². The van der Waals surface area contributed by atoms with Crippen LogP contribution in [0.1, 0.15) is 38.2 Å². The largest absolute Gasteiger partial charge is 0.492 e. The van der Waals surface area contributed by atoms with Crippen LogP contribution in [-0.4, -0.2) is 25.9 Å². The fourth-order valence-corrected chi connectivity index (χ4v) is 4.49. The van der Waals surface area contributed by atoms with Gasteiger partial charge >= 0.3 is 0 Å². The van der Waals surface area contributed by atoms with E-state index < -0.39 is 10.0 Å². The summed E-state index contributed by atoms with van der Waals surface area (Å²) in [5.74, 6) is 1.25. The summed E-state index contributed by atoms with van der Waals surface area (Å²) in [4.78, 5) is 16.3. The third-order valence-electron chi connectivity index (χ3n) is 4.78. The maximum absolute atomic E-state index is 12.4. The molecule has 2 N–H and O–H groups in total. The Morgan fingerprint density at radius 3 is 2.48 bits per heavy atom. The number of anilines is 2. The second-order valence-electron chi connectivity index (χ2n) is 7.69. The Labute approximate surface area is 202 Å². The van der Waals surface area contributed by atoms with Gasteiger partial charge in [-0.25, -0.2) is 13.4 Å². The molecule has 0 saturated heterocycles. The Balaban J connectivity index is 1.46. The van der Waals surface area contributed by atoms with E-state index in [0.717, 1.165) is 10.2 Å². The van der Waals surface area contributed by atoms with Gasteiger partial charge in [-0.1, -0.05) is 26.0 Å². The molecular formula is C24H26BrN3O4S. The van der Waals surface area contributed by atoms with Crippen molar-refractivity contribution in [2.24, 2.45) is 0 Å². The minimum atomic E-state index is -3.76. The molecule has 174 valence electrons. The molecule has 1 amide bonds. The van der Waals surface area contributed by atoms with E-state index in [4.69, 9.17) is 4.74 Å². The first-order valence-corrected chi connectivity index (χ1v) is 12.8. The third-order valence-corrected chi connectivity index (χ3v) is 6.77. The monoisotopic (exact) mass is 531 g/mol. The number of sulfonamides is 1. The molecule has 0 fully saturated rings. The SMILES string of the molecule is CC(C)c1ccc(OCCCC(=O)Nc2ccc(S(=O)(=O)Nc3ccccn3)cc2)c(Br)c1. The lowest BCUT2D eigenvalue weighted by atomic mass is 10.0. The summed E-state index contributed by atoms with van der Waals surface area (Å²) in [6.45, 7) is 4.67. The molecule has 1 aromatic heterocycles. The molecule has 0 atom stereocenters. The summed E-state index contributed by atoms with van der Waals surface area (Å²) in [6, 6.07) is 16.9. The van der Waals surface area contributed by atoms with Gasteiger partial charge in [0, 0.05) is 18.3 Å². The first-order valence-electron chi connectivity index (χ1n) is 10.5. The number of carbonyl (C=O) groups is 1. The molecule has 0 aliphatic carbocycles. The Bertz CT molecular complexity index is 1180. The van der Waals surface area contributed by atoms with Crippen LogP contribution in [0.25, 0.3) is 0 Å². The topological polar surface area (TPSA) is 97.4 Å². The van der Waals surface area contributed by atoms with Crippen LogP contribution in [0.2, 0.25) is 0 Å². The summed E-state index contributed by atoms with van der Waals surface area (Å²) in [6.07, 6.45) is 2.33. The zero-order chi connectivity index (χ0) is 23.8. The number of pyridine rings is 1. The maximum Gasteiger partial charge on any atom is 0.263 e. The number of hydrogen-bond acceptors (Lipinski definition) is 5. The Morgan fingerprint density at radius 1 is 1.09 bits per heavy atom. The van der Waals surface area contributed by atoms with Gasteiger partial charge in [-0.2, -0.15) is 0 Å². The molecular weight excluding hydrogens is 506 g/mol. The zero-order valence-electron chi connectivity index (χ0n) is 18.4. The maximum atomic E-state index is 12.4. The molecule has 2 aromatic carbocycles. The molecule has 0 aliphatic heterocycles.